The number of thioether (sulfide) groups is 1. The number of carbonyl (C=O) groups excluding carboxylic acids is 1. The summed E-state index contributed by atoms with van der Waals surface area (Å²) in [6.45, 7) is 5.57. The first-order valence-corrected chi connectivity index (χ1v) is 8.85. The number of carbonyl (C=O) groups is 1. The van der Waals surface area contributed by atoms with Crippen LogP contribution in [0.4, 0.5) is 0 Å². The second-order valence-corrected chi connectivity index (χ2v) is 6.75. The van der Waals surface area contributed by atoms with Gasteiger partial charge in [-0.1, -0.05) is 25.1 Å². The van der Waals surface area contributed by atoms with Crippen LogP contribution in [0.2, 0.25) is 0 Å². The molecular weight excluding hydrogens is 280 g/mol. The molecule has 0 spiro atoms. The van der Waals surface area contributed by atoms with E-state index in [1.54, 1.807) is 11.8 Å². The fraction of sp³-hybridized carbons (Fsp3) is 0.588. The van der Waals surface area contributed by atoms with Crippen LogP contribution in [0, 0.1) is 0 Å². The Hall–Kier alpha value is -1.00. The number of amides is 1. The third-order valence-corrected chi connectivity index (χ3v) is 5.29. The van der Waals surface area contributed by atoms with E-state index in [1.807, 2.05) is 30.1 Å². The summed E-state index contributed by atoms with van der Waals surface area (Å²) in [7, 11) is 1.97. The molecule has 0 atom stereocenters. The van der Waals surface area contributed by atoms with Crippen LogP contribution in [0.5, 0.6) is 0 Å². The summed E-state index contributed by atoms with van der Waals surface area (Å²) in [5.74, 6) is 1.15. The molecular formula is C17H26N2OS. The van der Waals surface area contributed by atoms with Crippen LogP contribution in [0.1, 0.15) is 26.2 Å². The van der Waals surface area contributed by atoms with Crippen molar-refractivity contribution in [3.05, 3.63) is 30.3 Å². The van der Waals surface area contributed by atoms with Gasteiger partial charge in [0.15, 0.2) is 0 Å². The molecule has 1 aromatic carbocycles. The third kappa shape index (κ3) is 5.04. The van der Waals surface area contributed by atoms with Crippen LogP contribution in [0.25, 0.3) is 0 Å². The van der Waals surface area contributed by atoms with E-state index >= 15 is 0 Å². The van der Waals surface area contributed by atoms with E-state index in [1.165, 1.54) is 4.90 Å². The van der Waals surface area contributed by atoms with Crippen LogP contribution in [-0.2, 0) is 4.79 Å². The van der Waals surface area contributed by atoms with Crippen molar-refractivity contribution >= 4 is 17.7 Å². The van der Waals surface area contributed by atoms with E-state index in [-0.39, 0.29) is 5.91 Å². The molecule has 1 aromatic rings. The highest BCUT2D eigenvalue weighted by atomic mass is 32.2. The summed E-state index contributed by atoms with van der Waals surface area (Å²) < 4.78 is 0. The molecule has 1 saturated heterocycles. The smallest absolute Gasteiger partial charge is 0.223 e. The van der Waals surface area contributed by atoms with Crippen molar-refractivity contribution in [3.63, 3.8) is 0 Å². The summed E-state index contributed by atoms with van der Waals surface area (Å²) in [4.78, 5) is 18.0. The zero-order valence-corrected chi connectivity index (χ0v) is 13.9. The summed E-state index contributed by atoms with van der Waals surface area (Å²) >= 11 is 1.76. The minimum absolute atomic E-state index is 0.286. The summed E-state index contributed by atoms with van der Waals surface area (Å²) in [6, 6.07) is 10.7. The second kappa shape index (κ2) is 8.44. The van der Waals surface area contributed by atoms with E-state index in [4.69, 9.17) is 0 Å². The minimum Gasteiger partial charge on any atom is -0.343 e. The molecule has 0 saturated carbocycles. The highest BCUT2D eigenvalue weighted by Gasteiger charge is 2.24. The molecule has 1 heterocycles. The van der Waals surface area contributed by atoms with Crippen LogP contribution in [0.15, 0.2) is 35.2 Å². The van der Waals surface area contributed by atoms with Crippen molar-refractivity contribution in [1.29, 1.82) is 0 Å². The number of piperidine rings is 1. The van der Waals surface area contributed by atoms with Crippen molar-refractivity contribution in [1.82, 2.24) is 9.80 Å². The van der Waals surface area contributed by atoms with Crippen molar-refractivity contribution in [2.45, 2.75) is 37.1 Å². The fourth-order valence-corrected chi connectivity index (χ4v) is 3.64. The molecule has 116 valence electrons. The molecule has 0 bridgehead atoms. The van der Waals surface area contributed by atoms with Gasteiger partial charge in [0.05, 0.1) is 0 Å². The topological polar surface area (TPSA) is 23.6 Å². The zero-order valence-electron chi connectivity index (χ0n) is 13.1. The van der Waals surface area contributed by atoms with E-state index in [9.17, 15) is 4.79 Å². The maximum atomic E-state index is 12.3. The number of nitrogens with zero attached hydrogens (tertiary/aromatic N) is 2. The highest BCUT2D eigenvalue weighted by Crippen LogP contribution is 2.20. The van der Waals surface area contributed by atoms with Gasteiger partial charge in [0.25, 0.3) is 0 Å². The van der Waals surface area contributed by atoms with E-state index < -0.39 is 0 Å². The van der Waals surface area contributed by atoms with Gasteiger partial charge in [0.1, 0.15) is 0 Å². The Morgan fingerprint density at radius 1 is 1.29 bits per heavy atom. The zero-order chi connectivity index (χ0) is 15.1. The molecule has 2 rings (SSSR count). The van der Waals surface area contributed by atoms with Gasteiger partial charge in [-0.3, -0.25) is 4.79 Å². The van der Waals surface area contributed by atoms with Gasteiger partial charge < -0.3 is 9.80 Å². The van der Waals surface area contributed by atoms with Crippen molar-refractivity contribution in [2.24, 2.45) is 0 Å². The van der Waals surface area contributed by atoms with Gasteiger partial charge >= 0.3 is 0 Å². The van der Waals surface area contributed by atoms with Crippen molar-refractivity contribution in [3.8, 4) is 0 Å². The van der Waals surface area contributed by atoms with E-state index in [0.29, 0.717) is 12.5 Å². The lowest BCUT2D eigenvalue weighted by Crippen LogP contribution is -2.45. The Bertz CT molecular complexity index is 430. The fourth-order valence-electron chi connectivity index (χ4n) is 2.78. The first kappa shape index (κ1) is 16.4. The second-order valence-electron chi connectivity index (χ2n) is 5.58. The number of hydrogen-bond acceptors (Lipinski definition) is 3. The molecule has 1 amide bonds. The molecule has 0 aliphatic carbocycles. The average Bonchev–Trinajstić information content (AvgIpc) is 2.55. The van der Waals surface area contributed by atoms with Crippen LogP contribution >= 0.6 is 11.8 Å². The Balaban J connectivity index is 1.70. The number of hydrogen-bond donors (Lipinski definition) is 0. The Kier molecular flexibility index (Phi) is 6.58. The van der Waals surface area contributed by atoms with E-state index in [0.717, 1.165) is 38.2 Å². The predicted octanol–water partition coefficient (Wildman–Crippen LogP) is 3.11. The Morgan fingerprint density at radius 3 is 2.57 bits per heavy atom. The number of likely N-dealkylation sites (tertiary alicyclic amines) is 1. The molecule has 3 nitrogen and oxygen atoms in total. The molecule has 1 aliphatic heterocycles. The van der Waals surface area contributed by atoms with Gasteiger partial charge in [-0.25, -0.2) is 0 Å². The molecule has 1 fully saturated rings. The molecule has 4 heteroatoms. The van der Waals surface area contributed by atoms with E-state index in [2.05, 4.69) is 24.0 Å². The van der Waals surface area contributed by atoms with Crippen LogP contribution in [0.3, 0.4) is 0 Å². The Morgan fingerprint density at radius 2 is 1.95 bits per heavy atom. The monoisotopic (exact) mass is 306 g/mol. The molecule has 0 N–H and O–H groups in total. The summed E-state index contributed by atoms with van der Waals surface area (Å²) in [5.41, 5.74) is 0. The van der Waals surface area contributed by atoms with Crippen LogP contribution < -0.4 is 0 Å². The normalized spacial score (nSPS) is 16.9. The maximum absolute atomic E-state index is 12.3. The van der Waals surface area contributed by atoms with Gasteiger partial charge in [0, 0.05) is 43.2 Å². The summed E-state index contributed by atoms with van der Waals surface area (Å²) in [5, 5.41) is 0. The SMILES string of the molecule is CCN1CCC(N(C)C(=O)CCSc2ccccc2)CC1. The lowest BCUT2D eigenvalue weighted by molar-refractivity contribution is -0.132. The average molecular weight is 306 g/mol. The largest absolute Gasteiger partial charge is 0.343 e. The maximum Gasteiger partial charge on any atom is 0.223 e. The number of rotatable bonds is 6. The molecule has 0 aromatic heterocycles. The molecule has 21 heavy (non-hydrogen) atoms. The first-order valence-electron chi connectivity index (χ1n) is 7.86. The van der Waals surface area contributed by atoms with Crippen LogP contribution in [-0.4, -0.2) is 54.2 Å². The van der Waals surface area contributed by atoms with Crippen molar-refractivity contribution in [2.75, 3.05) is 32.4 Å². The first-order chi connectivity index (χ1) is 10.2. The summed E-state index contributed by atoms with van der Waals surface area (Å²) in [6.07, 6.45) is 2.86. The van der Waals surface area contributed by atoms with Crippen molar-refractivity contribution < 1.29 is 4.79 Å². The van der Waals surface area contributed by atoms with Gasteiger partial charge in [-0.2, -0.15) is 0 Å². The highest BCUT2D eigenvalue weighted by molar-refractivity contribution is 7.99. The van der Waals surface area contributed by atoms with Gasteiger partial charge in [-0.05, 0) is 31.5 Å². The quantitative estimate of drug-likeness (QED) is 0.755. The Labute approximate surface area is 132 Å². The lowest BCUT2D eigenvalue weighted by Gasteiger charge is -2.36. The standard InChI is InChI=1S/C17H26N2OS/c1-3-19-12-9-15(10-13-19)18(2)17(20)11-14-21-16-7-5-4-6-8-16/h4-8,15H,3,9-14H2,1-2H3. The lowest BCUT2D eigenvalue weighted by atomic mass is 10.0. The molecule has 0 unspecified atom stereocenters. The number of benzene rings is 1. The minimum atomic E-state index is 0.286. The predicted molar refractivity (Wildman–Crippen MR) is 89.7 cm³/mol. The molecule has 1 aliphatic rings. The third-order valence-electron chi connectivity index (χ3n) is 4.27. The molecule has 0 radical (unpaired) electrons. The van der Waals surface area contributed by atoms with Gasteiger partial charge in [-0.15, -0.1) is 11.8 Å². The van der Waals surface area contributed by atoms with Gasteiger partial charge in [0.2, 0.25) is 5.91 Å².